The summed E-state index contributed by atoms with van der Waals surface area (Å²) in [5.41, 5.74) is 1.92. The molecular formula is C15H17FN2O. The molecule has 0 saturated carbocycles. The Bertz CT molecular complexity index is 546. The molecule has 2 aromatic rings. The van der Waals surface area contributed by atoms with Crippen LogP contribution in [0.1, 0.15) is 17.0 Å². The topological polar surface area (TPSA) is 29.3 Å². The highest BCUT2D eigenvalue weighted by molar-refractivity contribution is 5.48. The second kappa shape index (κ2) is 6.29. The fraction of sp³-hybridized carbons (Fsp3) is 0.267. The van der Waals surface area contributed by atoms with E-state index >= 15 is 0 Å². The van der Waals surface area contributed by atoms with Crippen LogP contribution in [0.15, 0.2) is 40.9 Å². The van der Waals surface area contributed by atoms with Crippen molar-refractivity contribution in [1.82, 2.24) is 10.1 Å². The van der Waals surface area contributed by atoms with Crippen LogP contribution in [0.4, 0.5) is 4.39 Å². The van der Waals surface area contributed by atoms with Gasteiger partial charge in [0.05, 0.1) is 5.69 Å². The second-order valence-corrected chi connectivity index (χ2v) is 4.58. The molecule has 2 rings (SSSR count). The summed E-state index contributed by atoms with van der Waals surface area (Å²) in [6.45, 7) is 3.42. The monoisotopic (exact) mass is 260 g/mol. The predicted octanol–water partition coefficient (Wildman–Crippen LogP) is 3.27. The summed E-state index contributed by atoms with van der Waals surface area (Å²) in [5.74, 6) is 0.612. The van der Waals surface area contributed by atoms with E-state index in [-0.39, 0.29) is 5.82 Å². The van der Waals surface area contributed by atoms with Crippen LogP contribution < -0.4 is 0 Å². The standard InChI is InChI=1S/C15H17FN2O/c1-12-10-15(17-19-12)11-18(2)9-3-4-13-5-7-14(16)8-6-13/h3-8,10H,9,11H2,1-2H3. The van der Waals surface area contributed by atoms with E-state index in [1.165, 1.54) is 12.1 Å². The van der Waals surface area contributed by atoms with Crippen LogP contribution in [-0.4, -0.2) is 23.6 Å². The Kier molecular flexibility index (Phi) is 4.47. The van der Waals surface area contributed by atoms with Crippen LogP contribution in [0.2, 0.25) is 0 Å². The zero-order valence-electron chi connectivity index (χ0n) is 11.1. The molecule has 0 N–H and O–H groups in total. The molecule has 0 saturated heterocycles. The molecule has 0 aliphatic rings. The predicted molar refractivity (Wildman–Crippen MR) is 73.0 cm³/mol. The lowest BCUT2D eigenvalue weighted by Gasteiger charge is -2.11. The van der Waals surface area contributed by atoms with Crippen molar-refractivity contribution in [3.05, 3.63) is 59.2 Å². The number of hydrogen-bond acceptors (Lipinski definition) is 3. The van der Waals surface area contributed by atoms with E-state index in [1.54, 1.807) is 12.1 Å². The summed E-state index contributed by atoms with van der Waals surface area (Å²) in [4.78, 5) is 2.12. The molecule has 0 atom stereocenters. The molecule has 1 heterocycles. The molecule has 4 heteroatoms. The van der Waals surface area contributed by atoms with Crippen LogP contribution in [0.5, 0.6) is 0 Å². The number of nitrogens with zero attached hydrogens (tertiary/aromatic N) is 2. The molecule has 1 aromatic heterocycles. The Balaban J connectivity index is 1.82. The third-order valence-corrected chi connectivity index (χ3v) is 2.71. The number of hydrogen-bond donors (Lipinski definition) is 0. The largest absolute Gasteiger partial charge is 0.361 e. The minimum absolute atomic E-state index is 0.212. The molecule has 100 valence electrons. The zero-order valence-corrected chi connectivity index (χ0v) is 11.1. The Labute approximate surface area is 112 Å². The lowest BCUT2D eigenvalue weighted by molar-refractivity contribution is 0.335. The molecule has 0 spiro atoms. The summed E-state index contributed by atoms with van der Waals surface area (Å²) in [5, 5.41) is 3.95. The van der Waals surface area contributed by atoms with Gasteiger partial charge in [-0.15, -0.1) is 0 Å². The van der Waals surface area contributed by atoms with E-state index in [9.17, 15) is 4.39 Å². The van der Waals surface area contributed by atoms with E-state index in [1.807, 2.05) is 32.2 Å². The van der Waals surface area contributed by atoms with Crippen LogP contribution >= 0.6 is 0 Å². The zero-order chi connectivity index (χ0) is 13.7. The van der Waals surface area contributed by atoms with Gasteiger partial charge in [0.1, 0.15) is 11.6 Å². The van der Waals surface area contributed by atoms with Crippen molar-refractivity contribution in [1.29, 1.82) is 0 Å². The number of aromatic nitrogens is 1. The number of halogens is 1. The van der Waals surface area contributed by atoms with Gasteiger partial charge in [-0.1, -0.05) is 29.4 Å². The van der Waals surface area contributed by atoms with Crippen molar-refractivity contribution in [2.45, 2.75) is 13.5 Å². The molecule has 0 aliphatic heterocycles. The first-order chi connectivity index (χ1) is 9.13. The molecule has 1 aromatic carbocycles. The normalized spacial score (nSPS) is 11.6. The van der Waals surface area contributed by atoms with E-state index in [0.717, 1.165) is 30.1 Å². The van der Waals surface area contributed by atoms with E-state index < -0.39 is 0 Å². The highest BCUT2D eigenvalue weighted by Gasteiger charge is 2.03. The third-order valence-electron chi connectivity index (χ3n) is 2.71. The lowest BCUT2D eigenvalue weighted by atomic mass is 10.2. The second-order valence-electron chi connectivity index (χ2n) is 4.58. The van der Waals surface area contributed by atoms with Crippen molar-refractivity contribution < 1.29 is 8.91 Å². The van der Waals surface area contributed by atoms with Crippen molar-refractivity contribution in [3.63, 3.8) is 0 Å². The highest BCUT2D eigenvalue weighted by Crippen LogP contribution is 2.06. The summed E-state index contributed by atoms with van der Waals surface area (Å²) in [6.07, 6.45) is 4.02. The van der Waals surface area contributed by atoms with Crippen LogP contribution in [0, 0.1) is 12.7 Å². The van der Waals surface area contributed by atoms with Gasteiger partial charge < -0.3 is 4.52 Å². The number of likely N-dealkylation sites (N-methyl/N-ethyl adjacent to an activating group) is 1. The van der Waals surface area contributed by atoms with Gasteiger partial charge in [-0.25, -0.2) is 4.39 Å². The Morgan fingerprint density at radius 2 is 2.05 bits per heavy atom. The van der Waals surface area contributed by atoms with E-state index in [0.29, 0.717) is 0 Å². The van der Waals surface area contributed by atoms with Crippen LogP contribution in [0.25, 0.3) is 6.08 Å². The van der Waals surface area contributed by atoms with Gasteiger partial charge >= 0.3 is 0 Å². The van der Waals surface area contributed by atoms with Crippen molar-refractivity contribution >= 4 is 6.08 Å². The Hall–Kier alpha value is -1.94. The fourth-order valence-corrected chi connectivity index (χ4v) is 1.78. The first kappa shape index (κ1) is 13.5. The smallest absolute Gasteiger partial charge is 0.133 e. The Morgan fingerprint density at radius 3 is 2.68 bits per heavy atom. The lowest BCUT2D eigenvalue weighted by Crippen LogP contribution is -2.17. The summed E-state index contributed by atoms with van der Waals surface area (Å²) < 4.78 is 17.8. The average Bonchev–Trinajstić information content (AvgIpc) is 2.77. The summed E-state index contributed by atoms with van der Waals surface area (Å²) in [7, 11) is 2.01. The summed E-state index contributed by atoms with van der Waals surface area (Å²) in [6, 6.07) is 8.36. The average molecular weight is 260 g/mol. The molecule has 0 amide bonds. The fourth-order valence-electron chi connectivity index (χ4n) is 1.78. The molecule has 0 radical (unpaired) electrons. The molecule has 3 nitrogen and oxygen atoms in total. The van der Waals surface area contributed by atoms with Gasteiger partial charge in [0, 0.05) is 19.2 Å². The van der Waals surface area contributed by atoms with Crippen molar-refractivity contribution in [2.75, 3.05) is 13.6 Å². The number of rotatable bonds is 5. The van der Waals surface area contributed by atoms with Crippen molar-refractivity contribution in [2.24, 2.45) is 0 Å². The maximum absolute atomic E-state index is 12.7. The first-order valence-electron chi connectivity index (χ1n) is 6.16. The molecule has 0 fully saturated rings. The van der Waals surface area contributed by atoms with Crippen LogP contribution in [-0.2, 0) is 6.54 Å². The Morgan fingerprint density at radius 1 is 1.32 bits per heavy atom. The van der Waals surface area contributed by atoms with Crippen molar-refractivity contribution in [3.8, 4) is 0 Å². The maximum Gasteiger partial charge on any atom is 0.133 e. The minimum Gasteiger partial charge on any atom is -0.361 e. The summed E-state index contributed by atoms with van der Waals surface area (Å²) >= 11 is 0. The number of aryl methyl sites for hydroxylation is 1. The highest BCUT2D eigenvalue weighted by atomic mass is 19.1. The SMILES string of the molecule is Cc1cc(CN(C)CC=Cc2ccc(F)cc2)no1. The van der Waals surface area contributed by atoms with E-state index in [2.05, 4.69) is 10.1 Å². The number of benzene rings is 1. The van der Waals surface area contributed by atoms with Gasteiger partial charge in [-0.3, -0.25) is 4.90 Å². The van der Waals surface area contributed by atoms with E-state index in [4.69, 9.17) is 4.52 Å². The quantitative estimate of drug-likeness (QED) is 0.826. The van der Waals surface area contributed by atoms with Crippen LogP contribution in [0.3, 0.4) is 0 Å². The molecule has 0 unspecified atom stereocenters. The minimum atomic E-state index is -0.212. The molecular weight excluding hydrogens is 243 g/mol. The first-order valence-corrected chi connectivity index (χ1v) is 6.16. The molecule has 19 heavy (non-hydrogen) atoms. The van der Waals surface area contributed by atoms with Gasteiger partial charge in [0.15, 0.2) is 0 Å². The van der Waals surface area contributed by atoms with Gasteiger partial charge in [0.2, 0.25) is 0 Å². The molecule has 0 bridgehead atoms. The maximum atomic E-state index is 12.7. The van der Waals surface area contributed by atoms with Gasteiger partial charge in [0.25, 0.3) is 0 Å². The molecule has 0 aliphatic carbocycles. The van der Waals surface area contributed by atoms with Gasteiger partial charge in [-0.2, -0.15) is 0 Å². The van der Waals surface area contributed by atoms with Gasteiger partial charge in [-0.05, 0) is 31.7 Å². The third kappa shape index (κ3) is 4.34.